The molecule has 146 valence electrons. The second-order valence-electron chi connectivity index (χ2n) is 6.82. The first-order valence-corrected chi connectivity index (χ1v) is 9.58. The summed E-state index contributed by atoms with van der Waals surface area (Å²) < 4.78 is 16.4. The molecule has 0 saturated heterocycles. The Balaban J connectivity index is 1.89. The van der Waals surface area contributed by atoms with Gasteiger partial charge in [-0.3, -0.25) is 9.78 Å². The molecule has 0 atom stereocenters. The van der Waals surface area contributed by atoms with Crippen molar-refractivity contribution in [1.82, 2.24) is 9.55 Å². The van der Waals surface area contributed by atoms with Crippen molar-refractivity contribution in [3.05, 3.63) is 87.5 Å². The molecule has 4 nitrogen and oxygen atoms in total. The lowest BCUT2D eigenvalue weighted by atomic mass is 10.0. The lowest BCUT2D eigenvalue weighted by molar-refractivity contribution is 0.0995. The first kappa shape index (κ1) is 19.4. The summed E-state index contributed by atoms with van der Waals surface area (Å²) in [5, 5.41) is 1.92. The normalized spacial score (nSPS) is 11.2. The van der Waals surface area contributed by atoms with Crippen LogP contribution in [-0.2, 0) is 6.54 Å². The number of aromatic nitrogens is 2. The van der Waals surface area contributed by atoms with E-state index in [1.807, 2.05) is 23.8 Å². The van der Waals surface area contributed by atoms with Crippen LogP contribution in [0, 0.1) is 12.7 Å². The van der Waals surface area contributed by atoms with Crippen molar-refractivity contribution in [2.24, 2.45) is 5.73 Å². The van der Waals surface area contributed by atoms with Crippen LogP contribution in [0.3, 0.4) is 0 Å². The number of benzene rings is 2. The van der Waals surface area contributed by atoms with Gasteiger partial charge in [0.15, 0.2) is 0 Å². The molecule has 0 spiro atoms. The standard InChI is InChI=1S/C22H16Cl2FN3O/c1-12-10-28(11-14-2-4-15(23)6-19(14)24)21-17(12)7-16(25)8-18(21)13-3-5-20(22(26)29)27-9-13/h2-10H,11H2,1H3,(H2,26,29). The van der Waals surface area contributed by atoms with Crippen molar-refractivity contribution in [2.75, 3.05) is 0 Å². The van der Waals surface area contributed by atoms with Crippen molar-refractivity contribution in [2.45, 2.75) is 13.5 Å². The highest BCUT2D eigenvalue weighted by Crippen LogP contribution is 2.34. The summed E-state index contributed by atoms with van der Waals surface area (Å²) in [5.41, 5.74) is 9.45. The Labute approximate surface area is 176 Å². The van der Waals surface area contributed by atoms with Gasteiger partial charge in [0.25, 0.3) is 5.91 Å². The van der Waals surface area contributed by atoms with E-state index in [0.29, 0.717) is 27.7 Å². The third-order valence-electron chi connectivity index (χ3n) is 4.82. The number of hydrogen-bond donors (Lipinski definition) is 1. The van der Waals surface area contributed by atoms with Gasteiger partial charge in [-0.2, -0.15) is 0 Å². The molecule has 0 unspecified atom stereocenters. The van der Waals surface area contributed by atoms with Crippen LogP contribution in [0.15, 0.2) is 54.9 Å². The maximum Gasteiger partial charge on any atom is 0.267 e. The van der Waals surface area contributed by atoms with Crippen LogP contribution in [-0.4, -0.2) is 15.5 Å². The number of pyridine rings is 1. The fourth-order valence-corrected chi connectivity index (χ4v) is 3.92. The molecular weight excluding hydrogens is 412 g/mol. The molecule has 0 aliphatic heterocycles. The van der Waals surface area contributed by atoms with Crippen molar-refractivity contribution < 1.29 is 9.18 Å². The highest BCUT2D eigenvalue weighted by Gasteiger charge is 2.16. The Morgan fingerprint density at radius 1 is 1.17 bits per heavy atom. The minimum Gasteiger partial charge on any atom is -0.364 e. The SMILES string of the molecule is Cc1cn(Cc2ccc(Cl)cc2Cl)c2c(-c3ccc(C(N)=O)nc3)cc(F)cc12. The van der Waals surface area contributed by atoms with Crippen LogP contribution in [0.25, 0.3) is 22.0 Å². The summed E-state index contributed by atoms with van der Waals surface area (Å²) in [6.07, 6.45) is 3.49. The van der Waals surface area contributed by atoms with Gasteiger partial charge in [0.05, 0.1) is 5.52 Å². The second-order valence-corrected chi connectivity index (χ2v) is 7.67. The predicted molar refractivity (Wildman–Crippen MR) is 114 cm³/mol. The number of primary amides is 1. The van der Waals surface area contributed by atoms with Crippen LogP contribution in [0.4, 0.5) is 4.39 Å². The van der Waals surface area contributed by atoms with E-state index in [4.69, 9.17) is 28.9 Å². The molecule has 2 aromatic carbocycles. The minimum absolute atomic E-state index is 0.154. The average molecular weight is 428 g/mol. The predicted octanol–water partition coefficient (Wildman–Crippen LogP) is 5.60. The van der Waals surface area contributed by atoms with E-state index in [1.165, 1.54) is 24.4 Å². The molecule has 0 radical (unpaired) electrons. The van der Waals surface area contributed by atoms with Gasteiger partial charge in [-0.1, -0.05) is 35.3 Å². The number of carbonyl (C=O) groups is 1. The van der Waals surface area contributed by atoms with Crippen molar-refractivity contribution >= 4 is 40.0 Å². The van der Waals surface area contributed by atoms with Crippen LogP contribution >= 0.6 is 23.2 Å². The first-order chi connectivity index (χ1) is 13.8. The molecule has 0 fully saturated rings. The van der Waals surface area contributed by atoms with Gasteiger partial charge in [-0.05, 0) is 48.4 Å². The molecule has 4 rings (SSSR count). The third-order valence-corrected chi connectivity index (χ3v) is 5.41. The smallest absolute Gasteiger partial charge is 0.267 e. The molecule has 0 aliphatic rings. The molecule has 29 heavy (non-hydrogen) atoms. The molecule has 7 heteroatoms. The summed E-state index contributed by atoms with van der Waals surface area (Å²) in [5.74, 6) is -0.964. The van der Waals surface area contributed by atoms with E-state index in [9.17, 15) is 9.18 Å². The van der Waals surface area contributed by atoms with E-state index < -0.39 is 5.91 Å². The monoisotopic (exact) mass is 427 g/mol. The Morgan fingerprint density at radius 2 is 1.97 bits per heavy atom. The lowest BCUT2D eigenvalue weighted by Crippen LogP contribution is -2.12. The van der Waals surface area contributed by atoms with Gasteiger partial charge in [0.1, 0.15) is 11.5 Å². The number of amides is 1. The summed E-state index contributed by atoms with van der Waals surface area (Å²) in [7, 11) is 0. The molecule has 4 aromatic rings. The number of nitrogens with zero attached hydrogens (tertiary/aromatic N) is 2. The van der Waals surface area contributed by atoms with Gasteiger partial charge in [0, 0.05) is 45.5 Å². The summed E-state index contributed by atoms with van der Waals surface area (Å²) in [6.45, 7) is 2.42. The molecule has 0 saturated carbocycles. The zero-order valence-corrected chi connectivity index (χ0v) is 16.9. The van der Waals surface area contributed by atoms with E-state index in [2.05, 4.69) is 4.98 Å². The molecule has 2 N–H and O–H groups in total. The Kier molecular flexibility index (Phi) is 5.03. The number of rotatable bonds is 4. The second kappa shape index (κ2) is 7.50. The van der Waals surface area contributed by atoms with E-state index in [-0.39, 0.29) is 11.5 Å². The minimum atomic E-state index is -0.613. The van der Waals surface area contributed by atoms with E-state index in [1.54, 1.807) is 18.2 Å². The number of fused-ring (bicyclic) bond motifs is 1. The van der Waals surface area contributed by atoms with Crippen LogP contribution < -0.4 is 5.73 Å². The van der Waals surface area contributed by atoms with E-state index >= 15 is 0 Å². The molecule has 2 heterocycles. The number of nitrogens with two attached hydrogens (primary N) is 1. The molecule has 1 amide bonds. The van der Waals surface area contributed by atoms with Gasteiger partial charge in [-0.15, -0.1) is 0 Å². The molecule has 2 aromatic heterocycles. The maximum atomic E-state index is 14.4. The fourth-order valence-electron chi connectivity index (χ4n) is 3.45. The summed E-state index contributed by atoms with van der Waals surface area (Å²) >= 11 is 12.4. The Bertz CT molecular complexity index is 1250. The maximum absolute atomic E-state index is 14.4. The van der Waals surface area contributed by atoms with Gasteiger partial charge >= 0.3 is 0 Å². The zero-order chi connectivity index (χ0) is 20.7. The Morgan fingerprint density at radius 3 is 2.62 bits per heavy atom. The molecule has 0 bridgehead atoms. The first-order valence-electron chi connectivity index (χ1n) is 8.82. The zero-order valence-electron chi connectivity index (χ0n) is 15.4. The van der Waals surface area contributed by atoms with Gasteiger partial charge < -0.3 is 10.3 Å². The van der Waals surface area contributed by atoms with Gasteiger partial charge in [0.2, 0.25) is 0 Å². The van der Waals surface area contributed by atoms with Gasteiger partial charge in [-0.25, -0.2) is 4.39 Å². The number of hydrogen-bond acceptors (Lipinski definition) is 2. The van der Waals surface area contributed by atoms with Crippen LogP contribution in [0.2, 0.25) is 10.0 Å². The quantitative estimate of drug-likeness (QED) is 0.460. The van der Waals surface area contributed by atoms with Crippen LogP contribution in [0.1, 0.15) is 21.6 Å². The van der Waals surface area contributed by atoms with Crippen molar-refractivity contribution in [1.29, 1.82) is 0 Å². The highest BCUT2D eigenvalue weighted by molar-refractivity contribution is 6.35. The largest absolute Gasteiger partial charge is 0.364 e. The molecular formula is C22H16Cl2FN3O. The van der Waals surface area contributed by atoms with Crippen LogP contribution in [0.5, 0.6) is 0 Å². The van der Waals surface area contributed by atoms with Crippen molar-refractivity contribution in [3.8, 4) is 11.1 Å². The topological polar surface area (TPSA) is 60.9 Å². The third kappa shape index (κ3) is 3.71. The molecule has 0 aliphatic carbocycles. The van der Waals surface area contributed by atoms with Crippen molar-refractivity contribution in [3.63, 3.8) is 0 Å². The fraction of sp³-hybridized carbons (Fsp3) is 0.0909. The Hall–Kier alpha value is -2.89. The average Bonchev–Trinajstić information content (AvgIpc) is 2.99. The summed E-state index contributed by atoms with van der Waals surface area (Å²) in [4.78, 5) is 15.4. The highest BCUT2D eigenvalue weighted by atomic mass is 35.5. The summed E-state index contributed by atoms with van der Waals surface area (Å²) in [6, 6.07) is 11.6. The lowest BCUT2D eigenvalue weighted by Gasteiger charge is -2.12. The van der Waals surface area contributed by atoms with E-state index in [0.717, 1.165) is 22.0 Å². The number of halogens is 3. The number of aryl methyl sites for hydroxylation is 1. The number of carbonyl (C=O) groups excluding carboxylic acids is 1.